The number of nitrogens with zero attached hydrogens (tertiary/aromatic N) is 3. The fraction of sp³-hybridized carbons (Fsp3) is 0.440. The summed E-state index contributed by atoms with van der Waals surface area (Å²) in [4.78, 5) is 34.5. The van der Waals surface area contributed by atoms with Crippen LogP contribution in [0.25, 0.3) is 11.2 Å². The van der Waals surface area contributed by atoms with Gasteiger partial charge in [0.2, 0.25) is 5.95 Å². The molecule has 1 unspecified atom stereocenters. The predicted octanol–water partition coefficient (Wildman–Crippen LogP) is 4.15. The summed E-state index contributed by atoms with van der Waals surface area (Å²) in [6, 6.07) is 6.09. The molecule has 0 spiro atoms. The second-order valence-electron chi connectivity index (χ2n) is 9.18. The minimum atomic E-state index is -1.62. The average Bonchev–Trinajstić information content (AvgIpc) is 3.51. The molecule has 1 atom stereocenters. The van der Waals surface area contributed by atoms with Gasteiger partial charge in [-0.3, -0.25) is 9.78 Å². The quantitative estimate of drug-likeness (QED) is 0.190. The van der Waals surface area contributed by atoms with E-state index < -0.39 is 19.8 Å². The van der Waals surface area contributed by atoms with E-state index in [0.717, 1.165) is 32.1 Å². The van der Waals surface area contributed by atoms with Gasteiger partial charge in [-0.1, -0.05) is 31.4 Å². The number of fused-ring (bicyclic) bond motifs is 1. The first-order chi connectivity index (χ1) is 19.0. The lowest BCUT2D eigenvalue weighted by Gasteiger charge is -2.20. The van der Waals surface area contributed by atoms with Crippen molar-refractivity contribution in [2.24, 2.45) is 0 Å². The predicted molar refractivity (Wildman–Crippen MR) is 139 cm³/mol. The number of nitrogens with one attached hydrogen (secondary N) is 1. The Bertz CT molecular complexity index is 1510. The van der Waals surface area contributed by atoms with Gasteiger partial charge in [0.05, 0.1) is 19.5 Å². The Hall–Kier alpha value is -3.38. The molecule has 0 bridgehead atoms. The molecule has 4 aromatic rings. The van der Waals surface area contributed by atoms with Crippen molar-refractivity contribution in [3.05, 3.63) is 74.5 Å². The Balaban J connectivity index is 1.22. The minimum absolute atomic E-state index is 0.00340. The van der Waals surface area contributed by atoms with Crippen LogP contribution in [0, 0.1) is 5.82 Å². The number of hydrogen-bond acceptors (Lipinski definition) is 10. The molecular formula is C25H29FN5O7P. The highest BCUT2D eigenvalue weighted by Gasteiger charge is 2.26. The van der Waals surface area contributed by atoms with Gasteiger partial charge in [0.15, 0.2) is 31.1 Å². The average molecular weight is 562 g/mol. The van der Waals surface area contributed by atoms with Gasteiger partial charge in [-0.25, -0.2) is 14.2 Å². The summed E-state index contributed by atoms with van der Waals surface area (Å²) >= 11 is 0. The summed E-state index contributed by atoms with van der Waals surface area (Å²) in [7, 11) is -1.62. The van der Waals surface area contributed by atoms with Crippen molar-refractivity contribution in [1.82, 2.24) is 19.5 Å². The number of aromatic amines is 1. The summed E-state index contributed by atoms with van der Waals surface area (Å²) in [5, 5.41) is 0. The first kappa shape index (κ1) is 27.2. The van der Waals surface area contributed by atoms with Gasteiger partial charge in [-0.15, -0.1) is 0 Å². The number of ether oxygens (including phenoxy) is 1. The highest BCUT2D eigenvalue weighted by molar-refractivity contribution is 7.46. The van der Waals surface area contributed by atoms with E-state index >= 15 is 0 Å². The third-order valence-electron chi connectivity index (χ3n) is 6.42. The Morgan fingerprint density at radius 2 is 1.97 bits per heavy atom. The van der Waals surface area contributed by atoms with E-state index in [-0.39, 0.29) is 49.4 Å². The molecule has 5 rings (SSSR count). The van der Waals surface area contributed by atoms with E-state index in [1.807, 2.05) is 0 Å². The summed E-state index contributed by atoms with van der Waals surface area (Å²) < 4.78 is 43.7. The highest BCUT2D eigenvalue weighted by atomic mass is 31.2. The molecule has 1 aromatic carbocycles. The molecule has 0 aliphatic heterocycles. The maximum absolute atomic E-state index is 13.6. The second-order valence-corrected chi connectivity index (χ2v) is 10.6. The van der Waals surface area contributed by atoms with Crippen molar-refractivity contribution < 1.29 is 27.0 Å². The molecule has 208 valence electrons. The number of imidazole rings is 1. The number of hydrogen-bond donors (Lipinski definition) is 2. The molecule has 39 heavy (non-hydrogen) atoms. The van der Waals surface area contributed by atoms with E-state index in [0.29, 0.717) is 29.3 Å². The summed E-state index contributed by atoms with van der Waals surface area (Å²) in [5.41, 5.74) is 6.41. The molecule has 0 radical (unpaired) electrons. The third kappa shape index (κ3) is 6.99. The smallest absolute Gasteiger partial charge is 0.395 e. The summed E-state index contributed by atoms with van der Waals surface area (Å²) in [6.07, 6.45) is 6.74. The van der Waals surface area contributed by atoms with Crippen molar-refractivity contribution in [1.29, 1.82) is 0 Å². The SMILES string of the molecule is Nc1nc2c(ncn2CCOCP(OCc2cccc(F)c2)OCc2oc(=O)oc2C2CCCCC2)c(=O)[nH]1. The molecule has 12 nitrogen and oxygen atoms in total. The maximum atomic E-state index is 13.6. The van der Waals surface area contributed by atoms with Gasteiger partial charge in [0, 0.05) is 12.5 Å². The van der Waals surface area contributed by atoms with Crippen LogP contribution in [-0.4, -0.2) is 32.5 Å². The fourth-order valence-electron chi connectivity index (χ4n) is 4.55. The van der Waals surface area contributed by atoms with Crippen molar-refractivity contribution in [2.45, 2.75) is 57.8 Å². The molecule has 0 saturated heterocycles. The standard InChI is InChI=1S/C25H29FN5O7P/c26-18-8-4-5-16(11-18)12-35-39(36-13-19-21(38-25(33)37-19)17-6-2-1-3-7-17)15-34-10-9-31-14-28-20-22(31)29-24(27)30-23(20)32/h4-5,8,11,14,17H,1-3,6-7,9-10,12-13,15H2,(H3,27,29,30,32). The number of nitrogens with two attached hydrogens (primary N) is 1. The number of H-pyrrole nitrogens is 1. The van der Waals surface area contributed by atoms with Crippen LogP contribution in [0.5, 0.6) is 0 Å². The Kier molecular flexibility index (Phi) is 8.82. The van der Waals surface area contributed by atoms with Gasteiger partial charge in [0.1, 0.15) is 18.8 Å². The number of nitrogen functional groups attached to an aromatic ring is 1. The molecule has 1 saturated carbocycles. The van der Waals surface area contributed by atoms with E-state index in [1.165, 1.54) is 18.5 Å². The maximum Gasteiger partial charge on any atom is 0.519 e. The zero-order valence-electron chi connectivity index (χ0n) is 21.1. The van der Waals surface area contributed by atoms with Crippen molar-refractivity contribution >= 4 is 25.5 Å². The fourth-order valence-corrected chi connectivity index (χ4v) is 5.60. The van der Waals surface area contributed by atoms with Crippen molar-refractivity contribution in [2.75, 3.05) is 18.7 Å². The highest BCUT2D eigenvalue weighted by Crippen LogP contribution is 2.42. The molecule has 1 aliphatic rings. The molecule has 3 aromatic heterocycles. The van der Waals surface area contributed by atoms with E-state index in [2.05, 4.69) is 15.0 Å². The lowest BCUT2D eigenvalue weighted by molar-refractivity contribution is 0.135. The molecule has 1 fully saturated rings. The normalized spacial score (nSPS) is 15.2. The summed E-state index contributed by atoms with van der Waals surface area (Å²) in [5.74, 6) is -0.107. The number of aromatic nitrogens is 4. The number of benzene rings is 1. The Morgan fingerprint density at radius 1 is 1.15 bits per heavy atom. The van der Waals surface area contributed by atoms with Gasteiger partial charge in [-0.2, -0.15) is 4.98 Å². The monoisotopic (exact) mass is 561 g/mol. The topological polar surface area (TPSA) is 161 Å². The second kappa shape index (κ2) is 12.6. The van der Waals surface area contributed by atoms with Gasteiger partial charge < -0.3 is 32.9 Å². The van der Waals surface area contributed by atoms with Gasteiger partial charge in [-0.05, 0) is 30.5 Å². The van der Waals surface area contributed by atoms with Crippen LogP contribution in [0.3, 0.4) is 0 Å². The molecule has 0 amide bonds. The zero-order chi connectivity index (χ0) is 27.2. The van der Waals surface area contributed by atoms with Crippen LogP contribution in [0.4, 0.5) is 10.3 Å². The molecule has 3 N–H and O–H groups in total. The molecule has 1 aliphatic carbocycles. The van der Waals surface area contributed by atoms with Crippen LogP contribution in [0.1, 0.15) is 55.1 Å². The van der Waals surface area contributed by atoms with Crippen molar-refractivity contribution in [3.8, 4) is 0 Å². The zero-order valence-corrected chi connectivity index (χ0v) is 22.0. The van der Waals surface area contributed by atoms with Gasteiger partial charge in [0.25, 0.3) is 5.56 Å². The van der Waals surface area contributed by atoms with Crippen LogP contribution >= 0.6 is 8.38 Å². The lowest BCUT2D eigenvalue weighted by atomic mass is 9.87. The van der Waals surface area contributed by atoms with E-state index in [4.69, 9.17) is 28.4 Å². The minimum Gasteiger partial charge on any atom is -0.395 e. The molecule has 14 heteroatoms. The first-order valence-electron chi connectivity index (χ1n) is 12.6. The number of halogens is 1. The van der Waals surface area contributed by atoms with Gasteiger partial charge >= 0.3 is 5.82 Å². The third-order valence-corrected chi connectivity index (χ3v) is 7.65. The van der Waals surface area contributed by atoms with Crippen LogP contribution in [0.2, 0.25) is 0 Å². The van der Waals surface area contributed by atoms with E-state index in [9.17, 15) is 14.0 Å². The number of rotatable bonds is 12. The Morgan fingerprint density at radius 3 is 2.79 bits per heavy atom. The summed E-state index contributed by atoms with van der Waals surface area (Å²) in [6.45, 7) is 0.672. The van der Waals surface area contributed by atoms with Crippen molar-refractivity contribution in [3.63, 3.8) is 0 Å². The lowest BCUT2D eigenvalue weighted by Crippen LogP contribution is -2.13. The van der Waals surface area contributed by atoms with E-state index in [1.54, 1.807) is 16.7 Å². The van der Waals surface area contributed by atoms with Crippen LogP contribution < -0.4 is 17.1 Å². The molecule has 3 heterocycles. The van der Waals surface area contributed by atoms with Crippen LogP contribution in [0.15, 0.2) is 49.0 Å². The molecular weight excluding hydrogens is 532 g/mol. The number of anilines is 1. The largest absolute Gasteiger partial charge is 0.519 e. The van der Waals surface area contributed by atoms with Crippen LogP contribution in [-0.2, 0) is 33.5 Å². The first-order valence-corrected chi connectivity index (χ1v) is 14.0. The Labute approximate surface area is 223 Å².